The molecule has 1 aliphatic rings. The summed E-state index contributed by atoms with van der Waals surface area (Å²) in [6, 6.07) is 0. The van der Waals surface area contributed by atoms with E-state index in [9.17, 15) is 4.79 Å². The van der Waals surface area contributed by atoms with Crippen molar-refractivity contribution in [1.29, 1.82) is 0 Å². The van der Waals surface area contributed by atoms with Crippen molar-refractivity contribution in [2.45, 2.75) is 31.8 Å². The van der Waals surface area contributed by atoms with E-state index in [-0.39, 0.29) is 18.3 Å². The summed E-state index contributed by atoms with van der Waals surface area (Å²) in [5.74, 6) is -0.00375. The molecule has 1 amide bonds. The second-order valence-corrected chi connectivity index (χ2v) is 2.53. The Labute approximate surface area is 66.8 Å². The molecule has 4 heteroatoms. The zero-order chi connectivity index (χ0) is 6.91. The summed E-state index contributed by atoms with van der Waals surface area (Å²) < 4.78 is 0. The SMILES string of the molecule is CCCCC1(N)NC1=O.Cl. The van der Waals surface area contributed by atoms with Gasteiger partial charge in [0.2, 0.25) is 0 Å². The minimum atomic E-state index is -0.629. The zero-order valence-electron chi connectivity index (χ0n) is 6.02. The van der Waals surface area contributed by atoms with Crippen LogP contribution in [0.25, 0.3) is 0 Å². The molecule has 1 heterocycles. The van der Waals surface area contributed by atoms with Gasteiger partial charge in [0, 0.05) is 0 Å². The smallest absolute Gasteiger partial charge is 0.262 e. The van der Waals surface area contributed by atoms with Crippen LogP contribution in [0.4, 0.5) is 0 Å². The fraction of sp³-hybridized carbons (Fsp3) is 0.833. The number of nitrogens with two attached hydrogens (primary N) is 1. The first-order valence-corrected chi connectivity index (χ1v) is 3.30. The molecule has 1 rings (SSSR count). The monoisotopic (exact) mass is 164 g/mol. The molecule has 0 aliphatic carbocycles. The molecule has 3 nitrogen and oxygen atoms in total. The Balaban J connectivity index is 0.000000810. The highest BCUT2D eigenvalue weighted by Crippen LogP contribution is 2.18. The van der Waals surface area contributed by atoms with Gasteiger partial charge in [0.15, 0.2) is 5.66 Å². The van der Waals surface area contributed by atoms with E-state index in [1.807, 2.05) is 0 Å². The van der Waals surface area contributed by atoms with E-state index < -0.39 is 5.66 Å². The lowest BCUT2D eigenvalue weighted by atomic mass is 10.1. The van der Waals surface area contributed by atoms with Crippen LogP contribution >= 0.6 is 12.4 Å². The van der Waals surface area contributed by atoms with Crippen molar-refractivity contribution in [1.82, 2.24) is 5.32 Å². The van der Waals surface area contributed by atoms with E-state index >= 15 is 0 Å². The minimum Gasteiger partial charge on any atom is -0.327 e. The fourth-order valence-electron chi connectivity index (χ4n) is 0.803. The van der Waals surface area contributed by atoms with E-state index in [0.29, 0.717) is 0 Å². The number of amides is 1. The number of nitrogens with one attached hydrogen (secondary N) is 1. The van der Waals surface area contributed by atoms with Gasteiger partial charge in [-0.15, -0.1) is 12.4 Å². The highest BCUT2D eigenvalue weighted by molar-refractivity contribution is 6.01. The Morgan fingerprint density at radius 2 is 2.20 bits per heavy atom. The summed E-state index contributed by atoms with van der Waals surface area (Å²) in [6.45, 7) is 2.08. The third-order valence-corrected chi connectivity index (χ3v) is 1.60. The molecule has 60 valence electrons. The Morgan fingerprint density at radius 1 is 1.70 bits per heavy atom. The summed E-state index contributed by atoms with van der Waals surface area (Å²) in [6.07, 6.45) is 2.89. The van der Waals surface area contributed by atoms with Gasteiger partial charge in [-0.3, -0.25) is 4.79 Å². The molecule has 1 unspecified atom stereocenters. The van der Waals surface area contributed by atoms with Crippen LogP contribution in [0.3, 0.4) is 0 Å². The summed E-state index contributed by atoms with van der Waals surface area (Å²) in [5.41, 5.74) is 4.89. The summed E-state index contributed by atoms with van der Waals surface area (Å²) in [4.78, 5) is 10.5. The van der Waals surface area contributed by atoms with Crippen LogP contribution in [-0.4, -0.2) is 11.6 Å². The van der Waals surface area contributed by atoms with Crippen molar-refractivity contribution < 1.29 is 4.79 Å². The van der Waals surface area contributed by atoms with Crippen LogP contribution in [0.1, 0.15) is 26.2 Å². The third kappa shape index (κ3) is 1.85. The normalized spacial score (nSPS) is 28.8. The molecule has 1 saturated heterocycles. The van der Waals surface area contributed by atoms with E-state index in [0.717, 1.165) is 19.3 Å². The summed E-state index contributed by atoms with van der Waals surface area (Å²) in [7, 11) is 0. The predicted molar refractivity (Wildman–Crippen MR) is 41.8 cm³/mol. The highest BCUT2D eigenvalue weighted by atomic mass is 35.5. The number of halogens is 1. The number of carbonyl (C=O) groups excluding carboxylic acids is 1. The molecule has 0 aromatic carbocycles. The van der Waals surface area contributed by atoms with Crippen LogP contribution < -0.4 is 11.1 Å². The molecule has 10 heavy (non-hydrogen) atoms. The number of hydrogen-bond acceptors (Lipinski definition) is 2. The molecule has 3 N–H and O–H groups in total. The molecule has 0 radical (unpaired) electrons. The number of unbranched alkanes of at least 4 members (excludes halogenated alkanes) is 1. The molecular formula is C6H13ClN2O. The Hall–Kier alpha value is -0.280. The van der Waals surface area contributed by atoms with Gasteiger partial charge in [0.1, 0.15) is 0 Å². The van der Waals surface area contributed by atoms with Crippen LogP contribution in [0.15, 0.2) is 0 Å². The topological polar surface area (TPSA) is 65.0 Å². The van der Waals surface area contributed by atoms with Crippen molar-refractivity contribution in [3.63, 3.8) is 0 Å². The lowest BCUT2D eigenvalue weighted by Crippen LogP contribution is -2.28. The Morgan fingerprint density at radius 3 is 2.50 bits per heavy atom. The summed E-state index contributed by atoms with van der Waals surface area (Å²) >= 11 is 0. The van der Waals surface area contributed by atoms with Gasteiger partial charge in [-0.1, -0.05) is 13.3 Å². The van der Waals surface area contributed by atoms with Crippen molar-refractivity contribution in [2.75, 3.05) is 0 Å². The first-order chi connectivity index (χ1) is 4.19. The third-order valence-electron chi connectivity index (χ3n) is 1.60. The maximum atomic E-state index is 10.5. The maximum absolute atomic E-state index is 10.5. The van der Waals surface area contributed by atoms with E-state index in [2.05, 4.69) is 12.2 Å². The van der Waals surface area contributed by atoms with Crippen molar-refractivity contribution in [2.24, 2.45) is 5.73 Å². The minimum absolute atomic E-state index is 0. The zero-order valence-corrected chi connectivity index (χ0v) is 6.83. The largest absolute Gasteiger partial charge is 0.327 e. The van der Waals surface area contributed by atoms with Gasteiger partial charge >= 0.3 is 0 Å². The molecule has 0 aromatic rings. The van der Waals surface area contributed by atoms with Crippen molar-refractivity contribution >= 4 is 18.3 Å². The Bertz CT molecular complexity index is 140. The van der Waals surface area contributed by atoms with Crippen LogP contribution in [0.2, 0.25) is 0 Å². The first-order valence-electron chi connectivity index (χ1n) is 3.30. The molecule has 1 aliphatic heterocycles. The van der Waals surface area contributed by atoms with Gasteiger partial charge in [-0.05, 0) is 12.8 Å². The Kier molecular flexibility index (Phi) is 3.12. The lowest BCUT2D eigenvalue weighted by molar-refractivity contribution is -0.112. The number of carbonyl (C=O) groups is 1. The standard InChI is InChI=1S/C6H12N2O.ClH/c1-2-3-4-6(7)5(9)8-6;/h2-4,7H2,1H3,(H,8,9);1H. The average Bonchev–Trinajstić information content (AvgIpc) is 2.38. The fourth-order valence-corrected chi connectivity index (χ4v) is 0.803. The number of hydrogen-bond donors (Lipinski definition) is 2. The number of rotatable bonds is 3. The van der Waals surface area contributed by atoms with Gasteiger partial charge in [0.05, 0.1) is 0 Å². The van der Waals surface area contributed by atoms with Crippen molar-refractivity contribution in [3.05, 3.63) is 0 Å². The quantitative estimate of drug-likeness (QED) is 0.593. The highest BCUT2D eigenvalue weighted by Gasteiger charge is 2.48. The van der Waals surface area contributed by atoms with Gasteiger partial charge < -0.3 is 11.1 Å². The van der Waals surface area contributed by atoms with Crippen LogP contribution in [-0.2, 0) is 4.79 Å². The second-order valence-electron chi connectivity index (χ2n) is 2.53. The van der Waals surface area contributed by atoms with Gasteiger partial charge in [-0.2, -0.15) is 0 Å². The molecule has 0 saturated carbocycles. The molecule has 1 atom stereocenters. The van der Waals surface area contributed by atoms with E-state index in [1.54, 1.807) is 0 Å². The van der Waals surface area contributed by atoms with Gasteiger partial charge in [0.25, 0.3) is 5.91 Å². The first kappa shape index (κ1) is 9.72. The lowest BCUT2D eigenvalue weighted by Gasteiger charge is -1.99. The maximum Gasteiger partial charge on any atom is 0.262 e. The van der Waals surface area contributed by atoms with Crippen LogP contribution in [0, 0.1) is 0 Å². The average molecular weight is 165 g/mol. The predicted octanol–water partition coefficient (Wildman–Crippen LogP) is 0.383. The molecular weight excluding hydrogens is 152 g/mol. The van der Waals surface area contributed by atoms with Crippen molar-refractivity contribution in [3.8, 4) is 0 Å². The van der Waals surface area contributed by atoms with E-state index in [4.69, 9.17) is 5.73 Å². The van der Waals surface area contributed by atoms with Gasteiger partial charge in [-0.25, -0.2) is 0 Å². The molecule has 0 bridgehead atoms. The molecule has 0 spiro atoms. The second kappa shape index (κ2) is 3.21. The summed E-state index contributed by atoms with van der Waals surface area (Å²) in [5, 5.41) is 2.58. The van der Waals surface area contributed by atoms with Crippen LogP contribution in [0.5, 0.6) is 0 Å². The molecule has 0 aromatic heterocycles. The van der Waals surface area contributed by atoms with E-state index in [1.165, 1.54) is 0 Å². The molecule has 1 fully saturated rings.